The van der Waals surface area contributed by atoms with Crippen molar-refractivity contribution in [2.24, 2.45) is 0 Å². The van der Waals surface area contributed by atoms with E-state index in [2.05, 4.69) is 33.8 Å². The maximum Gasteiger partial charge on any atom is 0.229 e. The second-order valence-corrected chi connectivity index (χ2v) is 6.46. The summed E-state index contributed by atoms with van der Waals surface area (Å²) < 4.78 is 7.03. The van der Waals surface area contributed by atoms with Gasteiger partial charge in [-0.3, -0.25) is 4.79 Å². The Bertz CT molecular complexity index is 702. The minimum atomic E-state index is 0.0852. The highest BCUT2D eigenvalue weighted by atomic mass is 35.5. The van der Waals surface area contributed by atoms with Gasteiger partial charge in [0.1, 0.15) is 5.82 Å². The molecule has 0 radical (unpaired) electrons. The van der Waals surface area contributed by atoms with Crippen LogP contribution in [0.15, 0.2) is 4.52 Å². The summed E-state index contributed by atoms with van der Waals surface area (Å²) in [5, 5.41) is 12.5. The molecular weight excluding hydrogens is 318 g/mol. The van der Waals surface area contributed by atoms with E-state index in [0.717, 1.165) is 29.5 Å². The molecule has 0 aromatic carbocycles. The molecular formula is C15H20ClN5O2. The standard InChI is InChI=1S/C15H20ClN5O2/c1-9(2)15-18-17-12-8-20(6-7-21(12)15)13(22)5-4-11-10(3)19-23-14(11)16/h9H,4-8H2,1-3H3. The van der Waals surface area contributed by atoms with Crippen molar-refractivity contribution in [3.63, 3.8) is 0 Å². The molecule has 2 aromatic rings. The zero-order chi connectivity index (χ0) is 16.6. The van der Waals surface area contributed by atoms with Crippen molar-refractivity contribution in [2.75, 3.05) is 6.54 Å². The van der Waals surface area contributed by atoms with Crippen molar-refractivity contribution >= 4 is 17.5 Å². The van der Waals surface area contributed by atoms with E-state index in [4.69, 9.17) is 16.1 Å². The zero-order valence-electron chi connectivity index (χ0n) is 13.5. The maximum atomic E-state index is 12.4. The highest BCUT2D eigenvalue weighted by Crippen LogP contribution is 2.22. The van der Waals surface area contributed by atoms with Crippen LogP contribution in [0.2, 0.25) is 5.22 Å². The molecule has 3 rings (SSSR count). The molecule has 0 unspecified atom stereocenters. The van der Waals surface area contributed by atoms with Crippen molar-refractivity contribution in [1.82, 2.24) is 24.8 Å². The molecule has 7 nitrogen and oxygen atoms in total. The number of fused-ring (bicyclic) bond motifs is 1. The summed E-state index contributed by atoms with van der Waals surface area (Å²) in [5.41, 5.74) is 1.55. The average molecular weight is 338 g/mol. The summed E-state index contributed by atoms with van der Waals surface area (Å²) in [6.45, 7) is 7.95. The van der Waals surface area contributed by atoms with Crippen molar-refractivity contribution in [3.05, 3.63) is 28.1 Å². The molecule has 0 spiro atoms. The van der Waals surface area contributed by atoms with Crippen LogP contribution in [-0.4, -0.2) is 37.3 Å². The van der Waals surface area contributed by atoms with E-state index < -0.39 is 0 Å². The Kier molecular flexibility index (Phi) is 4.39. The topological polar surface area (TPSA) is 77.0 Å². The lowest BCUT2D eigenvalue weighted by Crippen LogP contribution is -2.39. The SMILES string of the molecule is Cc1noc(Cl)c1CCC(=O)N1CCn2c(nnc2C(C)C)C1. The summed E-state index contributed by atoms with van der Waals surface area (Å²) in [7, 11) is 0. The van der Waals surface area contributed by atoms with Crippen LogP contribution in [0.25, 0.3) is 0 Å². The van der Waals surface area contributed by atoms with Crippen LogP contribution >= 0.6 is 11.6 Å². The van der Waals surface area contributed by atoms with Gasteiger partial charge in [0.2, 0.25) is 11.1 Å². The Morgan fingerprint density at radius 3 is 2.78 bits per heavy atom. The Balaban J connectivity index is 1.63. The number of aryl methyl sites for hydroxylation is 1. The summed E-state index contributed by atoms with van der Waals surface area (Å²) in [6.07, 6.45) is 0.917. The van der Waals surface area contributed by atoms with Gasteiger partial charge in [-0.1, -0.05) is 19.0 Å². The van der Waals surface area contributed by atoms with Crippen LogP contribution in [0.3, 0.4) is 0 Å². The van der Waals surface area contributed by atoms with Gasteiger partial charge in [0.25, 0.3) is 0 Å². The minimum absolute atomic E-state index is 0.0852. The Hall–Kier alpha value is -1.89. The predicted molar refractivity (Wildman–Crippen MR) is 84.1 cm³/mol. The molecule has 0 fully saturated rings. The highest BCUT2D eigenvalue weighted by Gasteiger charge is 2.25. The van der Waals surface area contributed by atoms with E-state index in [-0.39, 0.29) is 11.1 Å². The summed E-state index contributed by atoms with van der Waals surface area (Å²) in [5.74, 6) is 2.26. The lowest BCUT2D eigenvalue weighted by molar-refractivity contribution is -0.132. The number of carbonyl (C=O) groups excluding carboxylic acids is 1. The number of carbonyl (C=O) groups is 1. The molecule has 0 bridgehead atoms. The van der Waals surface area contributed by atoms with Gasteiger partial charge in [-0.2, -0.15) is 0 Å². The minimum Gasteiger partial charge on any atom is -0.344 e. The number of aromatic nitrogens is 4. The van der Waals surface area contributed by atoms with Gasteiger partial charge >= 0.3 is 0 Å². The first kappa shape index (κ1) is 16.0. The Labute approximate surface area is 139 Å². The van der Waals surface area contributed by atoms with Gasteiger partial charge in [-0.15, -0.1) is 10.2 Å². The Morgan fingerprint density at radius 1 is 1.35 bits per heavy atom. The number of nitrogens with zero attached hydrogens (tertiary/aromatic N) is 5. The van der Waals surface area contributed by atoms with Gasteiger partial charge < -0.3 is 14.0 Å². The van der Waals surface area contributed by atoms with Gasteiger partial charge in [-0.25, -0.2) is 0 Å². The van der Waals surface area contributed by atoms with Gasteiger partial charge in [-0.05, 0) is 24.9 Å². The fourth-order valence-corrected chi connectivity index (χ4v) is 3.12. The maximum absolute atomic E-state index is 12.4. The Morgan fingerprint density at radius 2 is 2.13 bits per heavy atom. The van der Waals surface area contributed by atoms with Crippen LogP contribution in [0.1, 0.15) is 49.1 Å². The lowest BCUT2D eigenvalue weighted by Gasteiger charge is -2.28. The first-order valence-corrected chi connectivity index (χ1v) is 8.15. The molecule has 3 heterocycles. The van der Waals surface area contributed by atoms with Gasteiger partial charge in [0.05, 0.1) is 12.2 Å². The molecule has 0 N–H and O–H groups in total. The van der Waals surface area contributed by atoms with E-state index in [0.29, 0.717) is 31.8 Å². The summed E-state index contributed by atoms with van der Waals surface area (Å²) >= 11 is 5.94. The fourth-order valence-electron chi connectivity index (χ4n) is 2.85. The number of rotatable bonds is 4. The predicted octanol–water partition coefficient (Wildman–Crippen LogP) is 2.33. The van der Waals surface area contributed by atoms with Crippen LogP contribution in [-0.2, 0) is 24.3 Å². The van der Waals surface area contributed by atoms with Crippen molar-refractivity contribution in [1.29, 1.82) is 0 Å². The number of hydrogen-bond donors (Lipinski definition) is 0. The van der Waals surface area contributed by atoms with Crippen LogP contribution < -0.4 is 0 Å². The number of amides is 1. The second kappa shape index (κ2) is 6.31. The highest BCUT2D eigenvalue weighted by molar-refractivity contribution is 6.29. The molecule has 0 saturated carbocycles. The molecule has 0 aliphatic carbocycles. The number of hydrogen-bond acceptors (Lipinski definition) is 5. The smallest absolute Gasteiger partial charge is 0.229 e. The number of halogens is 1. The third kappa shape index (κ3) is 3.10. The quantitative estimate of drug-likeness (QED) is 0.855. The largest absolute Gasteiger partial charge is 0.344 e. The zero-order valence-corrected chi connectivity index (χ0v) is 14.3. The molecule has 0 saturated heterocycles. The van der Waals surface area contributed by atoms with Crippen molar-refractivity contribution in [3.8, 4) is 0 Å². The van der Waals surface area contributed by atoms with Gasteiger partial charge in [0, 0.05) is 31.0 Å². The molecule has 2 aromatic heterocycles. The van der Waals surface area contributed by atoms with Crippen molar-refractivity contribution < 1.29 is 9.32 Å². The molecule has 1 aliphatic heterocycles. The van der Waals surface area contributed by atoms with E-state index in [1.165, 1.54) is 0 Å². The first-order chi connectivity index (χ1) is 11.0. The lowest BCUT2D eigenvalue weighted by atomic mass is 10.1. The second-order valence-electron chi connectivity index (χ2n) is 6.12. The first-order valence-electron chi connectivity index (χ1n) is 7.77. The van der Waals surface area contributed by atoms with E-state index in [9.17, 15) is 4.79 Å². The molecule has 124 valence electrons. The van der Waals surface area contributed by atoms with E-state index in [1.807, 2.05) is 11.8 Å². The fraction of sp³-hybridized carbons (Fsp3) is 0.600. The third-order valence-corrected chi connectivity index (χ3v) is 4.47. The molecule has 1 aliphatic rings. The third-order valence-electron chi connectivity index (χ3n) is 4.18. The normalized spacial score (nSPS) is 14.4. The van der Waals surface area contributed by atoms with E-state index >= 15 is 0 Å². The van der Waals surface area contributed by atoms with Crippen LogP contribution in [0.5, 0.6) is 0 Å². The van der Waals surface area contributed by atoms with Crippen LogP contribution in [0, 0.1) is 6.92 Å². The molecule has 23 heavy (non-hydrogen) atoms. The summed E-state index contributed by atoms with van der Waals surface area (Å²) in [4.78, 5) is 14.3. The molecule has 1 amide bonds. The average Bonchev–Trinajstić information content (AvgIpc) is 3.08. The van der Waals surface area contributed by atoms with Crippen LogP contribution in [0.4, 0.5) is 0 Å². The van der Waals surface area contributed by atoms with Crippen molar-refractivity contribution in [2.45, 2.75) is 52.6 Å². The van der Waals surface area contributed by atoms with E-state index in [1.54, 1.807) is 0 Å². The molecule has 0 atom stereocenters. The monoisotopic (exact) mass is 337 g/mol. The molecule has 8 heteroatoms. The summed E-state index contributed by atoms with van der Waals surface area (Å²) in [6, 6.07) is 0. The van der Waals surface area contributed by atoms with Gasteiger partial charge in [0.15, 0.2) is 5.82 Å².